The van der Waals surface area contributed by atoms with Gasteiger partial charge in [0.15, 0.2) is 5.96 Å². The van der Waals surface area contributed by atoms with E-state index in [1.807, 2.05) is 17.0 Å². The maximum absolute atomic E-state index is 13.1. The summed E-state index contributed by atoms with van der Waals surface area (Å²) in [5, 5.41) is 0. The molecule has 1 aliphatic heterocycles. The standard InChI is InChI=1S/C16H16FN3/c1-11-4-2-3-5-14(11)15-10-19-16(18)20(15)13-8-6-12(17)7-9-13/h2-9,15H,10H2,1H3,(H2,18,19). The minimum atomic E-state index is -0.254. The number of benzene rings is 2. The van der Waals surface area contributed by atoms with Gasteiger partial charge in [0.1, 0.15) is 5.82 Å². The number of nitrogens with two attached hydrogens (primary N) is 1. The number of nitrogens with zero attached hydrogens (tertiary/aromatic N) is 2. The zero-order valence-electron chi connectivity index (χ0n) is 11.3. The van der Waals surface area contributed by atoms with Crippen molar-refractivity contribution in [2.75, 3.05) is 11.4 Å². The first-order chi connectivity index (χ1) is 9.66. The lowest BCUT2D eigenvalue weighted by Gasteiger charge is -2.27. The summed E-state index contributed by atoms with van der Waals surface area (Å²) in [6, 6.07) is 14.6. The highest BCUT2D eigenvalue weighted by Crippen LogP contribution is 2.32. The fourth-order valence-corrected chi connectivity index (χ4v) is 2.61. The second-order valence-electron chi connectivity index (χ2n) is 4.92. The van der Waals surface area contributed by atoms with Crippen molar-refractivity contribution in [1.82, 2.24) is 0 Å². The molecule has 20 heavy (non-hydrogen) atoms. The fourth-order valence-electron chi connectivity index (χ4n) is 2.61. The Labute approximate surface area is 117 Å². The van der Waals surface area contributed by atoms with E-state index in [4.69, 9.17) is 5.73 Å². The van der Waals surface area contributed by atoms with Crippen molar-refractivity contribution < 1.29 is 4.39 Å². The van der Waals surface area contributed by atoms with Gasteiger partial charge in [0.25, 0.3) is 0 Å². The Balaban J connectivity index is 2.01. The monoisotopic (exact) mass is 269 g/mol. The molecule has 3 rings (SSSR count). The van der Waals surface area contributed by atoms with Crippen LogP contribution in [-0.2, 0) is 0 Å². The summed E-state index contributed by atoms with van der Waals surface area (Å²) in [4.78, 5) is 6.30. The summed E-state index contributed by atoms with van der Waals surface area (Å²) >= 11 is 0. The molecule has 1 unspecified atom stereocenters. The van der Waals surface area contributed by atoms with E-state index in [9.17, 15) is 4.39 Å². The predicted octanol–water partition coefficient (Wildman–Crippen LogP) is 3.01. The number of anilines is 1. The van der Waals surface area contributed by atoms with E-state index in [1.54, 1.807) is 12.1 Å². The van der Waals surface area contributed by atoms with Gasteiger partial charge in [-0.15, -0.1) is 0 Å². The Morgan fingerprint density at radius 3 is 2.55 bits per heavy atom. The number of halogens is 1. The smallest absolute Gasteiger partial charge is 0.196 e. The molecule has 0 saturated carbocycles. The zero-order chi connectivity index (χ0) is 14.1. The van der Waals surface area contributed by atoms with Crippen LogP contribution in [0.3, 0.4) is 0 Å². The Hall–Kier alpha value is -2.36. The van der Waals surface area contributed by atoms with E-state index in [1.165, 1.54) is 23.3 Å². The van der Waals surface area contributed by atoms with Crippen molar-refractivity contribution in [1.29, 1.82) is 0 Å². The second kappa shape index (κ2) is 4.96. The van der Waals surface area contributed by atoms with Crippen LogP contribution in [0.5, 0.6) is 0 Å². The van der Waals surface area contributed by atoms with Crippen molar-refractivity contribution in [3.63, 3.8) is 0 Å². The molecule has 0 bridgehead atoms. The topological polar surface area (TPSA) is 41.6 Å². The molecular formula is C16H16FN3. The molecule has 0 fully saturated rings. The maximum atomic E-state index is 13.1. The van der Waals surface area contributed by atoms with E-state index in [2.05, 4.69) is 24.0 Å². The molecule has 0 spiro atoms. The molecule has 0 aromatic heterocycles. The van der Waals surface area contributed by atoms with Gasteiger partial charge in [-0.25, -0.2) is 4.39 Å². The molecule has 4 heteroatoms. The summed E-state index contributed by atoms with van der Waals surface area (Å²) in [5.41, 5.74) is 9.27. The predicted molar refractivity (Wildman–Crippen MR) is 79.3 cm³/mol. The molecule has 0 amide bonds. The van der Waals surface area contributed by atoms with Crippen LogP contribution in [0.1, 0.15) is 17.2 Å². The lowest BCUT2D eigenvalue weighted by atomic mass is 10.0. The molecule has 3 nitrogen and oxygen atoms in total. The van der Waals surface area contributed by atoms with Crippen LogP contribution in [0, 0.1) is 12.7 Å². The van der Waals surface area contributed by atoms with Crippen LogP contribution in [-0.4, -0.2) is 12.5 Å². The van der Waals surface area contributed by atoms with E-state index in [0.29, 0.717) is 12.5 Å². The molecule has 0 saturated heterocycles. The summed E-state index contributed by atoms with van der Waals surface area (Å²) in [6.07, 6.45) is 0. The molecule has 1 aliphatic rings. The molecule has 1 atom stereocenters. The SMILES string of the molecule is Cc1ccccc1C1CN=C(N)N1c1ccc(F)cc1. The molecule has 2 N–H and O–H groups in total. The number of guanidine groups is 1. The van der Waals surface area contributed by atoms with Crippen molar-refractivity contribution in [3.05, 3.63) is 65.5 Å². The van der Waals surface area contributed by atoms with Crippen LogP contribution in [0.15, 0.2) is 53.5 Å². The lowest BCUT2D eigenvalue weighted by molar-refractivity contribution is 0.627. The van der Waals surface area contributed by atoms with Gasteiger partial charge in [-0.3, -0.25) is 4.99 Å². The largest absolute Gasteiger partial charge is 0.369 e. The molecule has 2 aromatic carbocycles. The molecular weight excluding hydrogens is 253 g/mol. The summed E-state index contributed by atoms with van der Waals surface area (Å²) in [6.45, 7) is 2.70. The molecule has 2 aromatic rings. The average Bonchev–Trinajstić information content (AvgIpc) is 2.82. The molecule has 1 heterocycles. The third-order valence-corrected chi connectivity index (χ3v) is 3.64. The van der Waals surface area contributed by atoms with Crippen LogP contribution in [0.4, 0.5) is 10.1 Å². The molecule has 0 aliphatic carbocycles. The van der Waals surface area contributed by atoms with Gasteiger partial charge in [-0.1, -0.05) is 24.3 Å². The fraction of sp³-hybridized carbons (Fsp3) is 0.188. The van der Waals surface area contributed by atoms with Crippen molar-refractivity contribution in [2.45, 2.75) is 13.0 Å². The third kappa shape index (κ3) is 2.13. The highest BCUT2D eigenvalue weighted by molar-refractivity contribution is 5.97. The number of aryl methyl sites for hydroxylation is 1. The Morgan fingerprint density at radius 2 is 1.85 bits per heavy atom. The lowest BCUT2D eigenvalue weighted by Crippen LogP contribution is -2.36. The summed E-state index contributed by atoms with van der Waals surface area (Å²) < 4.78 is 13.1. The molecule has 0 radical (unpaired) electrons. The highest BCUT2D eigenvalue weighted by Gasteiger charge is 2.29. The first kappa shape index (κ1) is 12.7. The van der Waals surface area contributed by atoms with Gasteiger partial charge in [0, 0.05) is 5.69 Å². The first-order valence-corrected chi connectivity index (χ1v) is 6.57. The Kier molecular flexibility index (Phi) is 3.14. The van der Waals surface area contributed by atoms with E-state index in [0.717, 1.165) is 5.69 Å². The van der Waals surface area contributed by atoms with Gasteiger partial charge in [0.05, 0.1) is 12.6 Å². The third-order valence-electron chi connectivity index (χ3n) is 3.64. The number of hydrogen-bond donors (Lipinski definition) is 1. The van der Waals surface area contributed by atoms with Crippen molar-refractivity contribution in [2.24, 2.45) is 10.7 Å². The first-order valence-electron chi connectivity index (χ1n) is 6.57. The van der Waals surface area contributed by atoms with Crippen molar-refractivity contribution >= 4 is 11.6 Å². The maximum Gasteiger partial charge on any atom is 0.196 e. The normalized spacial score (nSPS) is 18.2. The van der Waals surface area contributed by atoms with Crippen LogP contribution < -0.4 is 10.6 Å². The van der Waals surface area contributed by atoms with Gasteiger partial charge in [-0.2, -0.15) is 0 Å². The van der Waals surface area contributed by atoms with E-state index >= 15 is 0 Å². The minimum absolute atomic E-state index is 0.0710. The summed E-state index contributed by atoms with van der Waals surface area (Å²) in [7, 11) is 0. The van der Waals surface area contributed by atoms with Gasteiger partial charge in [-0.05, 0) is 42.3 Å². The van der Waals surface area contributed by atoms with Crippen LogP contribution in [0.2, 0.25) is 0 Å². The molecule has 102 valence electrons. The van der Waals surface area contributed by atoms with Crippen LogP contribution >= 0.6 is 0 Å². The average molecular weight is 269 g/mol. The zero-order valence-corrected chi connectivity index (χ0v) is 11.3. The Morgan fingerprint density at radius 1 is 1.15 bits per heavy atom. The second-order valence-corrected chi connectivity index (χ2v) is 4.92. The summed E-state index contributed by atoms with van der Waals surface area (Å²) in [5.74, 6) is 0.223. The van der Waals surface area contributed by atoms with E-state index in [-0.39, 0.29) is 11.9 Å². The minimum Gasteiger partial charge on any atom is -0.369 e. The van der Waals surface area contributed by atoms with E-state index < -0.39 is 0 Å². The number of hydrogen-bond acceptors (Lipinski definition) is 3. The number of rotatable bonds is 2. The van der Waals surface area contributed by atoms with Crippen molar-refractivity contribution in [3.8, 4) is 0 Å². The number of aliphatic imine (C=N–C) groups is 1. The quantitative estimate of drug-likeness (QED) is 0.910. The van der Waals surface area contributed by atoms with Gasteiger partial charge >= 0.3 is 0 Å². The van der Waals surface area contributed by atoms with Gasteiger partial charge in [0.2, 0.25) is 0 Å². The highest BCUT2D eigenvalue weighted by atomic mass is 19.1. The van der Waals surface area contributed by atoms with Gasteiger partial charge < -0.3 is 10.6 Å². The van der Waals surface area contributed by atoms with Crippen LogP contribution in [0.25, 0.3) is 0 Å². The Bertz CT molecular complexity index is 649.